The normalized spacial score (nSPS) is 11.5. The summed E-state index contributed by atoms with van der Waals surface area (Å²) < 4.78 is 0.618. The lowest BCUT2D eigenvalue weighted by Crippen LogP contribution is -2.38. The molecule has 0 aliphatic rings. The van der Waals surface area contributed by atoms with E-state index in [1.54, 1.807) is 24.3 Å². The standard InChI is InChI=1S/C13H15BrN2O5/c14-9-4-2-1-3-8(9)12(19)16-7-11(18)15-6-5-10(17)13(20)21/h1-4,10,17H,5-7H2,(H,15,18)(H,16,19)(H,20,21)/t10-/m0/s1. The maximum atomic E-state index is 11.8. The molecule has 0 heterocycles. The number of aliphatic hydroxyl groups excluding tert-OH is 1. The molecular formula is C13H15BrN2O5. The van der Waals surface area contributed by atoms with E-state index >= 15 is 0 Å². The van der Waals surface area contributed by atoms with Gasteiger partial charge in [-0.2, -0.15) is 0 Å². The Kier molecular flexibility index (Phi) is 6.83. The summed E-state index contributed by atoms with van der Waals surface area (Å²) in [6.07, 6.45) is -1.61. The highest BCUT2D eigenvalue weighted by Crippen LogP contribution is 2.15. The molecule has 1 aromatic carbocycles. The van der Waals surface area contributed by atoms with Crippen molar-refractivity contribution in [3.8, 4) is 0 Å². The van der Waals surface area contributed by atoms with Crippen LogP contribution in [0.5, 0.6) is 0 Å². The van der Waals surface area contributed by atoms with Crippen LogP contribution in [0.3, 0.4) is 0 Å². The van der Waals surface area contributed by atoms with E-state index in [2.05, 4.69) is 26.6 Å². The van der Waals surface area contributed by atoms with E-state index in [1.165, 1.54) is 0 Å². The Hall–Kier alpha value is -1.93. The highest BCUT2D eigenvalue weighted by atomic mass is 79.9. The lowest BCUT2D eigenvalue weighted by atomic mass is 10.2. The van der Waals surface area contributed by atoms with E-state index in [0.717, 1.165) is 0 Å². The number of hydrogen-bond donors (Lipinski definition) is 4. The maximum absolute atomic E-state index is 11.8. The molecule has 0 bridgehead atoms. The first-order valence-corrected chi connectivity index (χ1v) is 6.91. The Balaban J connectivity index is 2.32. The second-order valence-corrected chi connectivity index (χ2v) is 5.01. The molecule has 0 fully saturated rings. The number of carbonyl (C=O) groups excluding carboxylic acids is 2. The lowest BCUT2D eigenvalue weighted by Gasteiger charge is -2.09. The molecule has 4 N–H and O–H groups in total. The zero-order chi connectivity index (χ0) is 15.8. The largest absolute Gasteiger partial charge is 0.479 e. The zero-order valence-corrected chi connectivity index (χ0v) is 12.6. The van der Waals surface area contributed by atoms with Gasteiger partial charge in [-0.3, -0.25) is 9.59 Å². The van der Waals surface area contributed by atoms with Crippen LogP contribution in [0.25, 0.3) is 0 Å². The first-order chi connectivity index (χ1) is 9.91. The van der Waals surface area contributed by atoms with E-state index in [1.807, 2.05) is 0 Å². The minimum Gasteiger partial charge on any atom is -0.479 e. The van der Waals surface area contributed by atoms with Gasteiger partial charge in [0, 0.05) is 17.4 Å². The second-order valence-electron chi connectivity index (χ2n) is 4.16. The molecule has 0 saturated carbocycles. The third kappa shape index (κ3) is 5.92. The number of aliphatic carboxylic acids is 1. The third-order valence-corrected chi connectivity index (χ3v) is 3.24. The number of nitrogens with one attached hydrogen (secondary N) is 2. The van der Waals surface area contributed by atoms with Crippen molar-refractivity contribution in [1.82, 2.24) is 10.6 Å². The quantitative estimate of drug-likeness (QED) is 0.552. The molecular weight excluding hydrogens is 344 g/mol. The third-order valence-electron chi connectivity index (χ3n) is 2.55. The van der Waals surface area contributed by atoms with Gasteiger partial charge in [-0.1, -0.05) is 12.1 Å². The minimum atomic E-state index is -1.51. The molecule has 0 spiro atoms. The average Bonchev–Trinajstić information content (AvgIpc) is 2.45. The van der Waals surface area contributed by atoms with Crippen LogP contribution in [-0.2, 0) is 9.59 Å². The fourth-order valence-corrected chi connectivity index (χ4v) is 1.90. The van der Waals surface area contributed by atoms with Gasteiger partial charge in [-0.25, -0.2) is 4.79 Å². The van der Waals surface area contributed by atoms with Gasteiger partial charge in [0.15, 0.2) is 6.10 Å². The molecule has 114 valence electrons. The molecule has 0 radical (unpaired) electrons. The van der Waals surface area contributed by atoms with Crippen molar-refractivity contribution < 1.29 is 24.6 Å². The fourth-order valence-electron chi connectivity index (χ4n) is 1.44. The smallest absolute Gasteiger partial charge is 0.332 e. The number of hydrogen-bond acceptors (Lipinski definition) is 4. The SMILES string of the molecule is O=C(CNC(=O)c1ccccc1Br)NCC[C@H](O)C(=O)O. The van der Waals surface area contributed by atoms with Crippen molar-refractivity contribution in [3.05, 3.63) is 34.3 Å². The summed E-state index contributed by atoms with van der Waals surface area (Å²) >= 11 is 3.23. The van der Waals surface area contributed by atoms with E-state index in [-0.39, 0.29) is 19.5 Å². The molecule has 21 heavy (non-hydrogen) atoms. The van der Waals surface area contributed by atoms with Gasteiger partial charge in [-0.15, -0.1) is 0 Å². The zero-order valence-electron chi connectivity index (χ0n) is 11.0. The minimum absolute atomic E-state index is 0.0111. The highest BCUT2D eigenvalue weighted by Gasteiger charge is 2.14. The Morgan fingerprint density at radius 3 is 2.48 bits per heavy atom. The molecule has 7 nitrogen and oxygen atoms in total. The lowest BCUT2D eigenvalue weighted by molar-refractivity contribution is -0.147. The van der Waals surface area contributed by atoms with Crippen molar-refractivity contribution in [1.29, 1.82) is 0 Å². The predicted octanol–water partition coefficient (Wildman–Crippen LogP) is 0.131. The highest BCUT2D eigenvalue weighted by molar-refractivity contribution is 9.10. The summed E-state index contributed by atoms with van der Waals surface area (Å²) in [6.45, 7) is -0.222. The number of carbonyl (C=O) groups is 3. The van der Waals surface area contributed by atoms with Crippen molar-refractivity contribution in [2.24, 2.45) is 0 Å². The topological polar surface area (TPSA) is 116 Å². The molecule has 0 aliphatic heterocycles. The van der Waals surface area contributed by atoms with Crippen LogP contribution in [0, 0.1) is 0 Å². The summed E-state index contributed by atoms with van der Waals surface area (Å²) in [6, 6.07) is 6.79. The Labute approximate surface area is 129 Å². The first kappa shape index (κ1) is 17.1. The summed E-state index contributed by atoms with van der Waals surface area (Å²) in [4.78, 5) is 33.6. The molecule has 8 heteroatoms. The van der Waals surface area contributed by atoms with Gasteiger partial charge in [-0.05, 0) is 28.1 Å². The van der Waals surface area contributed by atoms with Gasteiger partial charge in [0.1, 0.15) is 0 Å². The number of aliphatic hydroxyl groups is 1. The van der Waals surface area contributed by atoms with Crippen LogP contribution in [0.2, 0.25) is 0 Å². The van der Waals surface area contributed by atoms with Crippen LogP contribution in [0.15, 0.2) is 28.7 Å². The fraction of sp³-hybridized carbons (Fsp3) is 0.308. The van der Waals surface area contributed by atoms with Crippen molar-refractivity contribution >= 4 is 33.7 Å². The average molecular weight is 359 g/mol. The summed E-state index contributed by atoms with van der Waals surface area (Å²) in [7, 11) is 0. The monoisotopic (exact) mass is 358 g/mol. The number of halogens is 1. The van der Waals surface area contributed by atoms with Gasteiger partial charge in [0.05, 0.1) is 12.1 Å². The number of benzene rings is 1. The van der Waals surface area contributed by atoms with Crippen LogP contribution < -0.4 is 10.6 Å². The van der Waals surface area contributed by atoms with Gasteiger partial charge in [0.2, 0.25) is 5.91 Å². The van der Waals surface area contributed by atoms with E-state index in [9.17, 15) is 14.4 Å². The Morgan fingerprint density at radius 2 is 1.86 bits per heavy atom. The van der Waals surface area contributed by atoms with Crippen LogP contribution in [0.4, 0.5) is 0 Å². The number of rotatable bonds is 7. The summed E-state index contributed by atoms with van der Waals surface area (Å²) in [5.41, 5.74) is 0.409. The van der Waals surface area contributed by atoms with E-state index in [0.29, 0.717) is 10.0 Å². The number of carboxylic acid groups (broad SMARTS) is 1. The Morgan fingerprint density at radius 1 is 1.19 bits per heavy atom. The molecule has 1 atom stereocenters. The number of carboxylic acids is 1. The molecule has 0 aliphatic carbocycles. The van der Waals surface area contributed by atoms with Crippen molar-refractivity contribution in [2.45, 2.75) is 12.5 Å². The van der Waals surface area contributed by atoms with E-state index in [4.69, 9.17) is 10.2 Å². The van der Waals surface area contributed by atoms with Gasteiger partial charge in [0.25, 0.3) is 5.91 Å². The molecule has 2 amide bonds. The first-order valence-electron chi connectivity index (χ1n) is 6.12. The van der Waals surface area contributed by atoms with Crippen LogP contribution in [-0.4, -0.2) is 47.2 Å². The van der Waals surface area contributed by atoms with Crippen molar-refractivity contribution in [2.75, 3.05) is 13.1 Å². The van der Waals surface area contributed by atoms with E-state index < -0.39 is 23.9 Å². The molecule has 0 unspecified atom stereocenters. The van der Waals surface area contributed by atoms with Crippen LogP contribution >= 0.6 is 15.9 Å². The molecule has 0 saturated heterocycles. The molecule has 0 aromatic heterocycles. The Bertz CT molecular complexity index is 535. The van der Waals surface area contributed by atoms with Gasteiger partial charge < -0.3 is 20.8 Å². The predicted molar refractivity (Wildman–Crippen MR) is 77.7 cm³/mol. The molecule has 1 aromatic rings. The van der Waals surface area contributed by atoms with Gasteiger partial charge >= 0.3 is 5.97 Å². The van der Waals surface area contributed by atoms with Crippen molar-refractivity contribution in [3.63, 3.8) is 0 Å². The molecule has 1 rings (SSSR count). The maximum Gasteiger partial charge on any atom is 0.332 e. The number of amides is 2. The second kappa shape index (κ2) is 8.38. The summed E-state index contributed by atoms with van der Waals surface area (Å²) in [5.74, 6) is -2.21. The van der Waals surface area contributed by atoms with Crippen LogP contribution in [0.1, 0.15) is 16.8 Å². The summed E-state index contributed by atoms with van der Waals surface area (Å²) in [5, 5.41) is 22.3.